The van der Waals surface area contributed by atoms with E-state index in [1.807, 2.05) is 19.9 Å². The Morgan fingerprint density at radius 2 is 2.25 bits per heavy atom. The highest BCUT2D eigenvalue weighted by Crippen LogP contribution is 2.09. The number of Topliss-reactive ketones (excluding diaryl/α,β-unsaturated/α-hetero) is 1. The second-order valence-corrected chi connectivity index (χ2v) is 2.66. The van der Waals surface area contributed by atoms with Crippen LogP contribution in [-0.2, 0) is 6.42 Å². The molecule has 0 aliphatic rings. The first kappa shape index (κ1) is 8.91. The molecule has 0 unspecified atom stereocenters. The zero-order valence-corrected chi connectivity index (χ0v) is 7.50. The number of hydrogen-bond acceptors (Lipinski definition) is 2. The van der Waals surface area contributed by atoms with E-state index in [4.69, 9.17) is 0 Å². The molecule has 64 valence electrons. The van der Waals surface area contributed by atoms with Gasteiger partial charge in [0.15, 0.2) is 5.78 Å². The molecule has 0 bridgehead atoms. The highest BCUT2D eigenvalue weighted by molar-refractivity contribution is 5.96. The zero-order valence-electron chi connectivity index (χ0n) is 7.50. The molecule has 1 rings (SSSR count). The Labute approximate surface area is 72.6 Å². The highest BCUT2D eigenvalue weighted by atomic mass is 16.1. The number of rotatable bonds is 3. The predicted molar refractivity (Wildman–Crippen MR) is 48.2 cm³/mol. The summed E-state index contributed by atoms with van der Waals surface area (Å²) in [4.78, 5) is 15.3. The van der Waals surface area contributed by atoms with Crippen molar-refractivity contribution in [2.24, 2.45) is 0 Å². The van der Waals surface area contributed by atoms with Gasteiger partial charge in [0.1, 0.15) is 0 Å². The lowest BCUT2D eigenvalue weighted by Crippen LogP contribution is -2.01. The Balaban J connectivity index is 3.04. The average Bonchev–Trinajstić information content (AvgIpc) is 2.16. The van der Waals surface area contributed by atoms with E-state index < -0.39 is 0 Å². The van der Waals surface area contributed by atoms with Crippen LogP contribution in [0.4, 0.5) is 0 Å². The number of carbonyl (C=O) groups is 1. The molecule has 1 heterocycles. The van der Waals surface area contributed by atoms with Crippen molar-refractivity contribution in [1.29, 1.82) is 0 Å². The Morgan fingerprint density at radius 1 is 1.50 bits per heavy atom. The van der Waals surface area contributed by atoms with Crippen molar-refractivity contribution in [1.82, 2.24) is 4.98 Å². The Morgan fingerprint density at radius 3 is 2.83 bits per heavy atom. The third-order valence-corrected chi connectivity index (χ3v) is 1.91. The molecule has 1 aromatic rings. The van der Waals surface area contributed by atoms with Crippen LogP contribution >= 0.6 is 0 Å². The summed E-state index contributed by atoms with van der Waals surface area (Å²) in [5.74, 6) is 0.181. The van der Waals surface area contributed by atoms with Crippen LogP contribution < -0.4 is 0 Å². The van der Waals surface area contributed by atoms with Crippen LogP contribution in [0.2, 0.25) is 0 Å². The van der Waals surface area contributed by atoms with Crippen LogP contribution in [0.1, 0.15) is 36.2 Å². The van der Waals surface area contributed by atoms with Crippen molar-refractivity contribution < 1.29 is 4.79 Å². The molecule has 0 aliphatic heterocycles. The van der Waals surface area contributed by atoms with Gasteiger partial charge in [-0.05, 0) is 18.1 Å². The normalized spacial score (nSPS) is 9.83. The Bertz CT molecular complexity index is 281. The topological polar surface area (TPSA) is 30.0 Å². The molecule has 2 nitrogen and oxygen atoms in total. The van der Waals surface area contributed by atoms with Crippen LogP contribution in [0.3, 0.4) is 0 Å². The molecule has 0 saturated carbocycles. The Hall–Kier alpha value is -1.18. The number of aromatic nitrogens is 1. The van der Waals surface area contributed by atoms with Crippen LogP contribution in [-0.4, -0.2) is 10.8 Å². The molecule has 1 aromatic heterocycles. The smallest absolute Gasteiger partial charge is 0.164 e. The third kappa shape index (κ3) is 1.70. The third-order valence-electron chi connectivity index (χ3n) is 1.91. The summed E-state index contributed by atoms with van der Waals surface area (Å²) in [7, 11) is 0. The van der Waals surface area contributed by atoms with E-state index in [0.717, 1.165) is 17.5 Å². The number of nitrogens with zero attached hydrogens (tertiary/aromatic N) is 1. The largest absolute Gasteiger partial charge is 0.294 e. The molecule has 12 heavy (non-hydrogen) atoms. The predicted octanol–water partition coefficient (Wildman–Crippen LogP) is 2.24. The molecular formula is C10H13NO. The fourth-order valence-corrected chi connectivity index (χ4v) is 1.17. The van der Waals surface area contributed by atoms with Gasteiger partial charge in [-0.3, -0.25) is 9.78 Å². The first-order valence-corrected chi connectivity index (χ1v) is 4.25. The molecule has 0 atom stereocenters. The van der Waals surface area contributed by atoms with Gasteiger partial charge in [0.2, 0.25) is 0 Å². The van der Waals surface area contributed by atoms with Gasteiger partial charge in [0.25, 0.3) is 0 Å². The maximum Gasteiger partial charge on any atom is 0.164 e. The number of aryl methyl sites for hydroxylation is 1. The minimum atomic E-state index is 0.181. The van der Waals surface area contributed by atoms with E-state index in [2.05, 4.69) is 4.98 Å². The summed E-state index contributed by atoms with van der Waals surface area (Å²) in [6.45, 7) is 3.91. The average molecular weight is 163 g/mol. The van der Waals surface area contributed by atoms with Crippen molar-refractivity contribution in [3.05, 3.63) is 29.6 Å². The van der Waals surface area contributed by atoms with Gasteiger partial charge in [-0.15, -0.1) is 0 Å². The number of carbonyl (C=O) groups excluding carboxylic acids is 1. The molecule has 0 radical (unpaired) electrons. The molecule has 0 N–H and O–H groups in total. The number of pyridine rings is 1. The molecule has 0 aliphatic carbocycles. The zero-order chi connectivity index (χ0) is 8.97. The van der Waals surface area contributed by atoms with E-state index in [-0.39, 0.29) is 5.78 Å². The van der Waals surface area contributed by atoms with Crippen LogP contribution in [0.15, 0.2) is 18.5 Å². The highest BCUT2D eigenvalue weighted by Gasteiger charge is 2.06. The van der Waals surface area contributed by atoms with Gasteiger partial charge < -0.3 is 0 Å². The van der Waals surface area contributed by atoms with Gasteiger partial charge in [-0.1, -0.05) is 13.8 Å². The number of hydrogen-bond donors (Lipinski definition) is 0. The molecular weight excluding hydrogens is 150 g/mol. The van der Waals surface area contributed by atoms with Crippen LogP contribution in [0.25, 0.3) is 0 Å². The van der Waals surface area contributed by atoms with Crippen molar-refractivity contribution in [3.63, 3.8) is 0 Å². The fraction of sp³-hybridized carbons (Fsp3) is 0.400. The first-order valence-electron chi connectivity index (χ1n) is 4.25. The fourth-order valence-electron chi connectivity index (χ4n) is 1.17. The van der Waals surface area contributed by atoms with Gasteiger partial charge in [-0.2, -0.15) is 0 Å². The lowest BCUT2D eigenvalue weighted by atomic mass is 10.0. The monoisotopic (exact) mass is 163 g/mol. The Kier molecular flexibility index (Phi) is 2.97. The van der Waals surface area contributed by atoms with Gasteiger partial charge in [0.05, 0.1) is 0 Å². The molecule has 0 spiro atoms. The van der Waals surface area contributed by atoms with Crippen LogP contribution in [0.5, 0.6) is 0 Å². The van der Waals surface area contributed by atoms with Crippen molar-refractivity contribution in [2.75, 3.05) is 0 Å². The van der Waals surface area contributed by atoms with E-state index in [9.17, 15) is 4.79 Å². The van der Waals surface area contributed by atoms with Gasteiger partial charge in [-0.25, -0.2) is 0 Å². The molecule has 0 aromatic carbocycles. The van der Waals surface area contributed by atoms with Crippen molar-refractivity contribution >= 4 is 5.78 Å². The minimum Gasteiger partial charge on any atom is -0.294 e. The summed E-state index contributed by atoms with van der Waals surface area (Å²) in [6, 6.07) is 1.91. The molecule has 0 fully saturated rings. The van der Waals surface area contributed by atoms with E-state index >= 15 is 0 Å². The summed E-state index contributed by atoms with van der Waals surface area (Å²) in [6.07, 6.45) is 4.83. The maximum absolute atomic E-state index is 11.4. The summed E-state index contributed by atoms with van der Waals surface area (Å²) < 4.78 is 0. The summed E-state index contributed by atoms with van der Waals surface area (Å²) in [5.41, 5.74) is 1.87. The quantitative estimate of drug-likeness (QED) is 0.639. The molecule has 2 heteroatoms. The maximum atomic E-state index is 11.4. The lowest BCUT2D eigenvalue weighted by molar-refractivity contribution is 0.0987. The van der Waals surface area contributed by atoms with E-state index in [1.165, 1.54) is 0 Å². The minimum absolute atomic E-state index is 0.181. The lowest BCUT2D eigenvalue weighted by Gasteiger charge is -2.02. The van der Waals surface area contributed by atoms with Crippen molar-refractivity contribution in [3.8, 4) is 0 Å². The molecule has 0 amide bonds. The second kappa shape index (κ2) is 4.00. The number of ketones is 1. The van der Waals surface area contributed by atoms with Crippen LogP contribution in [0, 0.1) is 0 Å². The van der Waals surface area contributed by atoms with E-state index in [1.54, 1.807) is 12.4 Å². The summed E-state index contributed by atoms with van der Waals surface area (Å²) >= 11 is 0. The van der Waals surface area contributed by atoms with Gasteiger partial charge >= 0.3 is 0 Å². The standard InChI is InChI=1S/C10H13NO/c1-3-8-5-6-11-7-9(8)10(12)4-2/h5-7H,3-4H2,1-2H3. The van der Waals surface area contributed by atoms with Gasteiger partial charge in [0, 0.05) is 24.4 Å². The second-order valence-electron chi connectivity index (χ2n) is 2.66. The first-order chi connectivity index (χ1) is 5.79. The SMILES string of the molecule is CCC(=O)c1cnccc1CC. The van der Waals surface area contributed by atoms with Crippen molar-refractivity contribution in [2.45, 2.75) is 26.7 Å². The van der Waals surface area contributed by atoms with E-state index in [0.29, 0.717) is 6.42 Å². The summed E-state index contributed by atoms with van der Waals surface area (Å²) in [5, 5.41) is 0. The molecule has 0 saturated heterocycles.